The van der Waals surface area contributed by atoms with Gasteiger partial charge in [-0.2, -0.15) is 5.10 Å². The van der Waals surface area contributed by atoms with Gasteiger partial charge in [-0.15, -0.1) is 0 Å². The highest BCUT2D eigenvalue weighted by Crippen LogP contribution is 2.15. The fourth-order valence-electron chi connectivity index (χ4n) is 1.60. The molecule has 0 bridgehead atoms. The number of hydrogen-bond donors (Lipinski definition) is 1. The summed E-state index contributed by atoms with van der Waals surface area (Å²) in [7, 11) is 0. The van der Waals surface area contributed by atoms with E-state index in [1.54, 1.807) is 30.1 Å². The molecule has 1 N–H and O–H groups in total. The van der Waals surface area contributed by atoms with Crippen LogP contribution in [-0.4, -0.2) is 20.9 Å². The average molecular weight is 228 g/mol. The largest absolute Gasteiger partial charge is 0.478 e. The van der Waals surface area contributed by atoms with Crippen LogP contribution in [0.25, 0.3) is 11.3 Å². The third-order valence-electron chi connectivity index (χ3n) is 2.43. The van der Waals surface area contributed by atoms with Gasteiger partial charge in [-0.3, -0.25) is 0 Å². The Bertz CT molecular complexity index is 556. The van der Waals surface area contributed by atoms with Crippen LogP contribution in [0.5, 0.6) is 0 Å². The van der Waals surface area contributed by atoms with Crippen molar-refractivity contribution in [1.29, 1.82) is 0 Å². The Morgan fingerprint density at radius 3 is 2.65 bits per heavy atom. The van der Waals surface area contributed by atoms with E-state index < -0.39 is 5.97 Å². The summed E-state index contributed by atoms with van der Waals surface area (Å²) >= 11 is 0. The van der Waals surface area contributed by atoms with Gasteiger partial charge in [-0.1, -0.05) is 24.3 Å². The maximum Gasteiger partial charge on any atom is 0.336 e. The fraction of sp³-hybridized carbons (Fsp3) is 0.0769. The van der Waals surface area contributed by atoms with Gasteiger partial charge in [0.2, 0.25) is 0 Å². The van der Waals surface area contributed by atoms with Gasteiger partial charge in [0, 0.05) is 11.8 Å². The summed E-state index contributed by atoms with van der Waals surface area (Å²) in [4.78, 5) is 11.0. The molecule has 1 heterocycles. The molecule has 4 nitrogen and oxygen atoms in total. The molecule has 0 atom stereocenters. The third kappa shape index (κ3) is 2.25. The van der Waals surface area contributed by atoms with Crippen LogP contribution in [0.3, 0.4) is 0 Å². The quantitative estimate of drug-likeness (QED) is 0.820. The van der Waals surface area contributed by atoms with Gasteiger partial charge < -0.3 is 5.11 Å². The number of hydrogen-bond acceptors (Lipinski definition) is 2. The van der Waals surface area contributed by atoms with Crippen molar-refractivity contribution in [2.24, 2.45) is 0 Å². The number of aromatic nitrogens is 2. The van der Waals surface area contributed by atoms with Gasteiger partial charge in [-0.25, -0.2) is 9.48 Å². The summed E-state index contributed by atoms with van der Waals surface area (Å²) in [6.45, 7) is 1.70. The molecule has 0 unspecified atom stereocenters. The first-order valence-corrected chi connectivity index (χ1v) is 5.22. The van der Waals surface area contributed by atoms with Crippen LogP contribution >= 0.6 is 0 Å². The zero-order chi connectivity index (χ0) is 12.3. The fourth-order valence-corrected chi connectivity index (χ4v) is 1.60. The van der Waals surface area contributed by atoms with Gasteiger partial charge in [0.05, 0.1) is 17.5 Å². The van der Waals surface area contributed by atoms with E-state index in [1.165, 1.54) is 0 Å². The molecule has 0 amide bonds. The van der Waals surface area contributed by atoms with Crippen molar-refractivity contribution in [3.05, 3.63) is 54.4 Å². The van der Waals surface area contributed by atoms with Gasteiger partial charge >= 0.3 is 5.97 Å². The van der Waals surface area contributed by atoms with Crippen LogP contribution in [0, 0.1) is 0 Å². The van der Waals surface area contributed by atoms with Crippen molar-refractivity contribution in [3.63, 3.8) is 0 Å². The first-order valence-electron chi connectivity index (χ1n) is 5.22. The molecule has 0 aliphatic carbocycles. The van der Waals surface area contributed by atoms with Crippen molar-refractivity contribution in [2.75, 3.05) is 0 Å². The number of nitrogens with zero attached hydrogens (tertiary/aromatic N) is 2. The third-order valence-corrected chi connectivity index (χ3v) is 2.43. The van der Waals surface area contributed by atoms with E-state index in [1.807, 2.05) is 30.3 Å². The monoisotopic (exact) mass is 228 g/mol. The lowest BCUT2D eigenvalue weighted by Crippen LogP contribution is -1.98. The molecule has 0 saturated carbocycles. The molecule has 0 fully saturated rings. The lowest BCUT2D eigenvalue weighted by atomic mass is 10.1. The van der Waals surface area contributed by atoms with E-state index in [0.717, 1.165) is 5.69 Å². The Morgan fingerprint density at radius 1 is 1.35 bits per heavy atom. The van der Waals surface area contributed by atoms with Crippen LogP contribution in [-0.2, 0) is 4.79 Å². The zero-order valence-corrected chi connectivity index (χ0v) is 9.37. The molecule has 17 heavy (non-hydrogen) atoms. The highest BCUT2D eigenvalue weighted by molar-refractivity contribution is 6.15. The molecule has 0 saturated heterocycles. The Hall–Kier alpha value is -2.36. The van der Waals surface area contributed by atoms with Gasteiger partial charge in [-0.05, 0) is 19.1 Å². The minimum atomic E-state index is -0.944. The number of carboxylic acids is 1. The predicted octanol–water partition coefficient (Wildman–Crippen LogP) is 2.36. The Labute approximate surface area is 98.8 Å². The molecule has 1 aromatic heterocycles. The minimum absolute atomic E-state index is 0.257. The normalized spacial score (nSPS) is 11.5. The lowest BCUT2D eigenvalue weighted by molar-refractivity contribution is -0.130. The zero-order valence-electron chi connectivity index (χ0n) is 9.37. The SMILES string of the molecule is C/C=C(/C(=O)O)c1cnn(-c2ccccc2)c1. The second-order valence-electron chi connectivity index (χ2n) is 3.52. The number of allylic oxidation sites excluding steroid dienone is 1. The summed E-state index contributed by atoms with van der Waals surface area (Å²) in [5.41, 5.74) is 1.76. The highest BCUT2D eigenvalue weighted by Gasteiger charge is 2.11. The van der Waals surface area contributed by atoms with E-state index in [2.05, 4.69) is 5.10 Å². The van der Waals surface area contributed by atoms with E-state index >= 15 is 0 Å². The van der Waals surface area contributed by atoms with E-state index in [-0.39, 0.29) is 5.57 Å². The van der Waals surface area contributed by atoms with Crippen molar-refractivity contribution in [3.8, 4) is 5.69 Å². The Balaban J connectivity index is 2.37. The molecule has 1 aromatic carbocycles. The molecule has 2 aromatic rings. The molecular weight excluding hydrogens is 216 g/mol. The topological polar surface area (TPSA) is 55.1 Å². The molecule has 0 radical (unpaired) electrons. The maximum absolute atomic E-state index is 11.0. The second-order valence-corrected chi connectivity index (χ2v) is 3.52. The number of carboxylic acid groups (broad SMARTS) is 1. The summed E-state index contributed by atoms with van der Waals surface area (Å²) in [5, 5.41) is 13.2. The highest BCUT2D eigenvalue weighted by atomic mass is 16.4. The van der Waals surface area contributed by atoms with Crippen molar-refractivity contribution >= 4 is 11.5 Å². The van der Waals surface area contributed by atoms with Gasteiger partial charge in [0.1, 0.15) is 0 Å². The Morgan fingerprint density at radius 2 is 2.06 bits per heavy atom. The van der Waals surface area contributed by atoms with Crippen molar-refractivity contribution in [1.82, 2.24) is 9.78 Å². The van der Waals surface area contributed by atoms with Gasteiger partial charge in [0.15, 0.2) is 0 Å². The van der Waals surface area contributed by atoms with E-state index in [9.17, 15) is 4.79 Å². The molecule has 0 aliphatic rings. The molecule has 0 aliphatic heterocycles. The number of aliphatic carboxylic acids is 1. The van der Waals surface area contributed by atoms with Crippen molar-refractivity contribution in [2.45, 2.75) is 6.92 Å². The summed E-state index contributed by atoms with van der Waals surface area (Å²) in [5.74, 6) is -0.944. The smallest absolute Gasteiger partial charge is 0.336 e. The predicted molar refractivity (Wildman–Crippen MR) is 64.9 cm³/mol. The molecular formula is C13H12N2O2. The van der Waals surface area contributed by atoms with E-state index in [0.29, 0.717) is 5.56 Å². The first-order chi connectivity index (χ1) is 8.22. The standard InChI is InChI=1S/C13H12N2O2/c1-2-12(13(16)17)10-8-14-15(9-10)11-6-4-3-5-7-11/h2-9H,1H3,(H,16,17)/b12-2+. The number of para-hydroxylation sites is 1. The summed E-state index contributed by atoms with van der Waals surface area (Å²) in [6, 6.07) is 9.55. The van der Waals surface area contributed by atoms with Gasteiger partial charge in [0.25, 0.3) is 0 Å². The molecule has 86 valence electrons. The lowest BCUT2D eigenvalue weighted by Gasteiger charge is -1.99. The first kappa shape index (κ1) is 11.1. The second kappa shape index (κ2) is 4.65. The number of carbonyl (C=O) groups is 1. The molecule has 0 spiro atoms. The van der Waals surface area contributed by atoms with Crippen LogP contribution in [0.15, 0.2) is 48.8 Å². The average Bonchev–Trinajstić information content (AvgIpc) is 2.80. The van der Waals surface area contributed by atoms with Crippen LogP contribution in [0.1, 0.15) is 12.5 Å². The summed E-state index contributed by atoms with van der Waals surface area (Å²) in [6.07, 6.45) is 4.82. The van der Waals surface area contributed by atoms with E-state index in [4.69, 9.17) is 5.11 Å². The molecule has 2 rings (SSSR count). The number of benzene rings is 1. The number of rotatable bonds is 3. The summed E-state index contributed by atoms with van der Waals surface area (Å²) < 4.78 is 1.65. The maximum atomic E-state index is 11.0. The van der Waals surface area contributed by atoms with Crippen LogP contribution in [0.4, 0.5) is 0 Å². The van der Waals surface area contributed by atoms with Crippen molar-refractivity contribution < 1.29 is 9.90 Å². The molecule has 4 heteroatoms. The van der Waals surface area contributed by atoms with Crippen LogP contribution < -0.4 is 0 Å². The van der Waals surface area contributed by atoms with Crippen LogP contribution in [0.2, 0.25) is 0 Å². The Kier molecular flexibility index (Phi) is 3.05. The minimum Gasteiger partial charge on any atom is -0.478 e.